The van der Waals surface area contributed by atoms with Crippen LogP contribution in [0.1, 0.15) is 5.56 Å². The van der Waals surface area contributed by atoms with Crippen molar-refractivity contribution < 1.29 is 13.9 Å². The molecule has 0 fully saturated rings. The molecular weight excluding hydrogens is 285 g/mol. The molecule has 0 unspecified atom stereocenters. The Bertz CT molecular complexity index is 773. The zero-order valence-electron chi connectivity index (χ0n) is 11.9. The van der Waals surface area contributed by atoms with Gasteiger partial charge in [-0.3, -0.25) is 5.10 Å². The first-order chi connectivity index (χ1) is 10.7. The maximum absolute atomic E-state index is 13.4. The quantitative estimate of drug-likeness (QED) is 0.687. The van der Waals surface area contributed by atoms with E-state index in [0.717, 1.165) is 10.9 Å². The molecule has 0 aliphatic carbocycles. The second-order valence-corrected chi connectivity index (χ2v) is 4.81. The van der Waals surface area contributed by atoms with Gasteiger partial charge in [-0.15, -0.1) is 0 Å². The van der Waals surface area contributed by atoms with Gasteiger partial charge in [0.05, 0.1) is 18.7 Å². The number of halogens is 1. The molecule has 0 radical (unpaired) electrons. The highest BCUT2D eigenvalue weighted by molar-refractivity contribution is 5.89. The summed E-state index contributed by atoms with van der Waals surface area (Å²) in [6.45, 7) is 0.979. The zero-order chi connectivity index (χ0) is 15.4. The van der Waals surface area contributed by atoms with Crippen molar-refractivity contribution in [1.29, 1.82) is 0 Å². The summed E-state index contributed by atoms with van der Waals surface area (Å²) in [5.74, 6) is 0.908. The van der Waals surface area contributed by atoms with E-state index in [9.17, 15) is 4.39 Å². The molecule has 0 saturated heterocycles. The maximum atomic E-state index is 13.4. The molecular formula is C16H16FN3O2. The highest BCUT2D eigenvalue weighted by Gasteiger charge is 2.04. The van der Waals surface area contributed by atoms with E-state index in [1.807, 2.05) is 18.2 Å². The summed E-state index contributed by atoms with van der Waals surface area (Å²) in [7, 11) is 0. The van der Waals surface area contributed by atoms with E-state index in [1.165, 1.54) is 6.07 Å². The van der Waals surface area contributed by atoms with E-state index in [1.54, 1.807) is 18.2 Å². The number of nitrogens with two attached hydrogens (primary N) is 1. The molecule has 0 atom stereocenters. The Balaban J connectivity index is 1.47. The van der Waals surface area contributed by atoms with Crippen LogP contribution in [0.3, 0.4) is 0 Å². The van der Waals surface area contributed by atoms with Crippen molar-refractivity contribution in [1.82, 2.24) is 10.2 Å². The Morgan fingerprint density at radius 1 is 1.14 bits per heavy atom. The molecule has 3 rings (SSSR count). The first-order valence-electron chi connectivity index (χ1n) is 6.91. The lowest BCUT2D eigenvalue weighted by Gasteiger charge is -2.08. The zero-order valence-corrected chi connectivity index (χ0v) is 11.9. The summed E-state index contributed by atoms with van der Waals surface area (Å²) in [6.07, 6.45) is 0. The number of H-pyrrole nitrogens is 1. The number of nitrogens with zero attached hydrogens (tertiary/aromatic N) is 1. The number of nitrogens with one attached hydrogen (secondary N) is 1. The molecule has 1 heterocycles. The number of aromatic nitrogens is 2. The lowest BCUT2D eigenvalue weighted by atomic mass is 10.2. The third-order valence-corrected chi connectivity index (χ3v) is 3.28. The standard InChI is InChI=1S/C16H16FN3O2/c17-14-4-2-1-3-11(14)10-21-7-8-22-12-5-6-13-15(9-12)19-20-16(13)18/h1-6,9H,7-8,10H2,(H3,18,19,20). The molecule has 22 heavy (non-hydrogen) atoms. The largest absolute Gasteiger partial charge is 0.491 e. The second kappa shape index (κ2) is 6.44. The minimum Gasteiger partial charge on any atom is -0.491 e. The van der Waals surface area contributed by atoms with Crippen LogP contribution in [0.25, 0.3) is 10.9 Å². The molecule has 5 nitrogen and oxygen atoms in total. The highest BCUT2D eigenvalue weighted by atomic mass is 19.1. The molecule has 114 valence electrons. The summed E-state index contributed by atoms with van der Waals surface area (Å²) in [5, 5.41) is 7.62. The average Bonchev–Trinajstić information content (AvgIpc) is 2.90. The van der Waals surface area contributed by atoms with Crippen molar-refractivity contribution in [2.75, 3.05) is 18.9 Å². The van der Waals surface area contributed by atoms with E-state index in [2.05, 4.69) is 10.2 Å². The molecule has 1 aromatic heterocycles. The Morgan fingerprint density at radius 2 is 2.00 bits per heavy atom. The average molecular weight is 301 g/mol. The number of ether oxygens (including phenoxy) is 2. The van der Waals surface area contributed by atoms with Gasteiger partial charge < -0.3 is 15.2 Å². The third kappa shape index (κ3) is 3.17. The van der Waals surface area contributed by atoms with Crippen LogP contribution in [0.2, 0.25) is 0 Å². The first-order valence-corrected chi connectivity index (χ1v) is 6.91. The Morgan fingerprint density at radius 3 is 2.86 bits per heavy atom. The number of hydrogen-bond donors (Lipinski definition) is 2. The molecule has 0 aliphatic rings. The predicted octanol–water partition coefficient (Wildman–Crippen LogP) is 2.88. The van der Waals surface area contributed by atoms with Crippen LogP contribution in [0.4, 0.5) is 10.2 Å². The molecule has 6 heteroatoms. The summed E-state index contributed by atoms with van der Waals surface area (Å²) in [4.78, 5) is 0. The fraction of sp³-hybridized carbons (Fsp3) is 0.188. The molecule has 2 aromatic carbocycles. The molecule has 0 bridgehead atoms. The first kappa shape index (κ1) is 14.3. The number of anilines is 1. The van der Waals surface area contributed by atoms with Gasteiger partial charge in [-0.1, -0.05) is 18.2 Å². The fourth-order valence-electron chi connectivity index (χ4n) is 2.13. The van der Waals surface area contributed by atoms with Gasteiger partial charge in [0.1, 0.15) is 18.2 Å². The van der Waals surface area contributed by atoms with Crippen molar-refractivity contribution in [3.63, 3.8) is 0 Å². The van der Waals surface area contributed by atoms with E-state index >= 15 is 0 Å². The van der Waals surface area contributed by atoms with Crippen LogP contribution in [0.15, 0.2) is 42.5 Å². The van der Waals surface area contributed by atoms with Crippen LogP contribution in [0.5, 0.6) is 5.75 Å². The van der Waals surface area contributed by atoms with E-state index < -0.39 is 0 Å². The van der Waals surface area contributed by atoms with Crippen LogP contribution >= 0.6 is 0 Å². The lowest BCUT2D eigenvalue weighted by Crippen LogP contribution is -2.07. The summed E-state index contributed by atoms with van der Waals surface area (Å²) in [6, 6.07) is 12.1. The van der Waals surface area contributed by atoms with Crippen molar-refractivity contribution in [3.8, 4) is 5.75 Å². The number of aromatic amines is 1. The van der Waals surface area contributed by atoms with E-state index in [-0.39, 0.29) is 12.4 Å². The summed E-state index contributed by atoms with van der Waals surface area (Å²) in [5.41, 5.74) is 7.06. The minimum absolute atomic E-state index is 0.228. The SMILES string of the molecule is Nc1n[nH]c2cc(OCCOCc3ccccc3F)ccc12. The Hall–Kier alpha value is -2.60. The van der Waals surface area contributed by atoms with Gasteiger partial charge in [0.25, 0.3) is 0 Å². The predicted molar refractivity (Wildman–Crippen MR) is 82.1 cm³/mol. The fourth-order valence-corrected chi connectivity index (χ4v) is 2.13. The van der Waals surface area contributed by atoms with Gasteiger partial charge in [-0.05, 0) is 18.2 Å². The van der Waals surface area contributed by atoms with Crippen LogP contribution < -0.4 is 10.5 Å². The van der Waals surface area contributed by atoms with Crippen LogP contribution in [-0.4, -0.2) is 23.4 Å². The summed E-state index contributed by atoms with van der Waals surface area (Å²) >= 11 is 0. The van der Waals surface area contributed by atoms with Crippen LogP contribution in [0, 0.1) is 5.82 Å². The number of rotatable bonds is 6. The molecule has 3 N–H and O–H groups in total. The molecule has 3 aromatic rings. The number of fused-ring (bicyclic) bond motifs is 1. The monoisotopic (exact) mass is 301 g/mol. The molecule has 0 spiro atoms. The Kier molecular flexibility index (Phi) is 4.20. The Labute approximate surface area is 126 Å². The highest BCUT2D eigenvalue weighted by Crippen LogP contribution is 2.22. The minimum atomic E-state index is -0.259. The number of benzene rings is 2. The van der Waals surface area contributed by atoms with Crippen molar-refractivity contribution >= 4 is 16.7 Å². The lowest BCUT2D eigenvalue weighted by molar-refractivity contribution is 0.0872. The van der Waals surface area contributed by atoms with Gasteiger partial charge in [0, 0.05) is 17.0 Å². The van der Waals surface area contributed by atoms with Crippen LogP contribution in [-0.2, 0) is 11.3 Å². The summed E-state index contributed by atoms with van der Waals surface area (Å²) < 4.78 is 24.4. The number of nitrogen functional groups attached to an aromatic ring is 1. The van der Waals surface area contributed by atoms with Gasteiger partial charge in [0.2, 0.25) is 0 Å². The number of hydrogen-bond acceptors (Lipinski definition) is 4. The molecule has 0 saturated carbocycles. The normalized spacial score (nSPS) is 11.0. The van der Waals surface area contributed by atoms with Gasteiger partial charge in [-0.2, -0.15) is 5.10 Å². The van der Waals surface area contributed by atoms with Gasteiger partial charge in [-0.25, -0.2) is 4.39 Å². The van der Waals surface area contributed by atoms with Crippen molar-refractivity contribution in [3.05, 3.63) is 53.8 Å². The second-order valence-electron chi connectivity index (χ2n) is 4.81. The maximum Gasteiger partial charge on any atom is 0.153 e. The van der Waals surface area contributed by atoms with Gasteiger partial charge >= 0.3 is 0 Å². The van der Waals surface area contributed by atoms with E-state index in [4.69, 9.17) is 15.2 Å². The van der Waals surface area contributed by atoms with Crippen molar-refractivity contribution in [2.24, 2.45) is 0 Å². The van der Waals surface area contributed by atoms with E-state index in [0.29, 0.717) is 30.3 Å². The molecule has 0 aliphatic heterocycles. The topological polar surface area (TPSA) is 73.2 Å². The third-order valence-electron chi connectivity index (χ3n) is 3.28. The van der Waals surface area contributed by atoms with Gasteiger partial charge in [0.15, 0.2) is 5.82 Å². The smallest absolute Gasteiger partial charge is 0.153 e. The molecule has 0 amide bonds. The van der Waals surface area contributed by atoms with Crippen molar-refractivity contribution in [2.45, 2.75) is 6.61 Å².